The quantitative estimate of drug-likeness (QED) is 0.366. The lowest BCUT2D eigenvalue weighted by Gasteiger charge is -2.36. The molecule has 186 valence electrons. The lowest BCUT2D eigenvalue weighted by molar-refractivity contribution is -0.120. The van der Waals surface area contributed by atoms with Crippen molar-refractivity contribution in [1.29, 1.82) is 5.26 Å². The number of anilines is 1. The van der Waals surface area contributed by atoms with Gasteiger partial charge in [0.2, 0.25) is 0 Å². The first-order chi connectivity index (χ1) is 17.6. The Labute approximate surface area is 214 Å². The van der Waals surface area contributed by atoms with E-state index in [9.17, 15) is 14.9 Å². The van der Waals surface area contributed by atoms with E-state index >= 15 is 0 Å². The number of aromatic nitrogens is 1. The fraction of sp³-hybridized carbons (Fsp3) is 0.480. The highest BCUT2D eigenvalue weighted by atomic mass is 32.1. The Morgan fingerprint density at radius 3 is 2.89 bits per heavy atom. The molecule has 4 aliphatic heterocycles. The SMILES string of the molecule is N#Cc1ccc(N2C(=O)[C@H]3C4CC(CN4C(=S)NCCCN4CCOCC4)N3C2=O)c2cccnc12. The molecule has 4 fully saturated rings. The maximum atomic E-state index is 13.7. The van der Waals surface area contributed by atoms with Crippen LogP contribution in [0.5, 0.6) is 0 Å². The number of benzene rings is 1. The first kappa shape index (κ1) is 23.1. The molecule has 36 heavy (non-hydrogen) atoms. The number of fused-ring (bicyclic) bond motifs is 6. The van der Waals surface area contributed by atoms with E-state index in [1.54, 1.807) is 35.4 Å². The van der Waals surface area contributed by atoms with Gasteiger partial charge < -0.3 is 19.9 Å². The van der Waals surface area contributed by atoms with Gasteiger partial charge in [-0.15, -0.1) is 0 Å². The van der Waals surface area contributed by atoms with E-state index in [0.717, 1.165) is 52.2 Å². The van der Waals surface area contributed by atoms with Crippen LogP contribution < -0.4 is 10.2 Å². The number of imide groups is 1. The Kier molecular flexibility index (Phi) is 5.95. The van der Waals surface area contributed by atoms with E-state index in [2.05, 4.69) is 26.2 Å². The fourth-order valence-electron chi connectivity index (χ4n) is 5.98. The minimum absolute atomic E-state index is 0.0580. The molecule has 0 aliphatic carbocycles. The molecule has 1 aromatic heterocycles. The van der Waals surface area contributed by atoms with Gasteiger partial charge in [0.1, 0.15) is 12.1 Å². The van der Waals surface area contributed by atoms with Gasteiger partial charge in [0.25, 0.3) is 5.91 Å². The number of ether oxygens (including phenoxy) is 1. The standard InChI is InChI=1S/C25H27N7O3S/c26-14-16-4-5-19(18-3-1-6-27-21(16)18)32-23(33)22-20-13-17(31(22)25(32)34)15-30(20)24(36)28-7-2-8-29-9-11-35-12-10-29/h1,3-6,17,20,22H,2,7-13,15H2,(H,28,36)/t17?,20?,22-/m1/s1. The highest BCUT2D eigenvalue weighted by Gasteiger charge is 2.62. The predicted molar refractivity (Wildman–Crippen MR) is 136 cm³/mol. The monoisotopic (exact) mass is 505 g/mol. The molecule has 2 aromatic rings. The van der Waals surface area contributed by atoms with Crippen molar-refractivity contribution in [2.75, 3.05) is 50.8 Å². The molecule has 3 amide bonds. The summed E-state index contributed by atoms with van der Waals surface area (Å²) in [7, 11) is 0. The van der Waals surface area contributed by atoms with Crippen molar-refractivity contribution >= 4 is 45.9 Å². The fourth-order valence-corrected chi connectivity index (χ4v) is 6.29. The second-order valence-electron chi connectivity index (χ2n) is 9.60. The number of carbonyl (C=O) groups excluding carboxylic acids is 2. The molecule has 0 saturated carbocycles. The molecule has 1 N–H and O–H groups in total. The van der Waals surface area contributed by atoms with Crippen molar-refractivity contribution in [2.24, 2.45) is 0 Å². The Bertz CT molecular complexity index is 1270. The summed E-state index contributed by atoms with van der Waals surface area (Å²) in [5.74, 6) is -0.248. The molecule has 0 radical (unpaired) electrons. The van der Waals surface area contributed by atoms with E-state index in [0.29, 0.717) is 33.8 Å². The van der Waals surface area contributed by atoms with Crippen molar-refractivity contribution in [2.45, 2.75) is 31.0 Å². The highest BCUT2D eigenvalue weighted by Crippen LogP contribution is 2.43. The number of rotatable bonds is 5. The zero-order chi connectivity index (χ0) is 24.8. The average molecular weight is 506 g/mol. The van der Waals surface area contributed by atoms with Crippen LogP contribution in [0.3, 0.4) is 0 Å². The van der Waals surface area contributed by atoms with Gasteiger partial charge in [0.05, 0.1) is 42.1 Å². The molecule has 10 nitrogen and oxygen atoms in total. The summed E-state index contributed by atoms with van der Waals surface area (Å²) in [6.07, 6.45) is 3.32. The van der Waals surface area contributed by atoms with Gasteiger partial charge in [-0.05, 0) is 55.9 Å². The molecular formula is C25H27N7O3S. The number of amides is 3. The molecule has 11 heteroatoms. The zero-order valence-electron chi connectivity index (χ0n) is 19.8. The van der Waals surface area contributed by atoms with E-state index in [1.807, 2.05) is 0 Å². The lowest BCUT2D eigenvalue weighted by atomic mass is 10.1. The van der Waals surface area contributed by atoms with Gasteiger partial charge in [0.15, 0.2) is 5.11 Å². The van der Waals surface area contributed by atoms with Gasteiger partial charge in [-0.25, -0.2) is 9.69 Å². The third-order valence-electron chi connectivity index (χ3n) is 7.66. The number of nitrogens with one attached hydrogen (secondary N) is 1. The van der Waals surface area contributed by atoms with Crippen LogP contribution in [0.1, 0.15) is 18.4 Å². The smallest absolute Gasteiger partial charge is 0.332 e. The average Bonchev–Trinajstić information content (AvgIpc) is 3.58. The summed E-state index contributed by atoms with van der Waals surface area (Å²) in [4.78, 5) is 38.9. The van der Waals surface area contributed by atoms with Gasteiger partial charge in [0, 0.05) is 37.8 Å². The van der Waals surface area contributed by atoms with E-state index < -0.39 is 6.04 Å². The molecule has 1 aromatic carbocycles. The Hall–Kier alpha value is -3.33. The van der Waals surface area contributed by atoms with Gasteiger partial charge in [-0.1, -0.05) is 0 Å². The summed E-state index contributed by atoms with van der Waals surface area (Å²) in [5.41, 5.74) is 1.36. The predicted octanol–water partition coefficient (Wildman–Crippen LogP) is 1.30. The largest absolute Gasteiger partial charge is 0.379 e. The first-order valence-electron chi connectivity index (χ1n) is 12.4. The molecule has 2 unspecified atom stereocenters. The van der Waals surface area contributed by atoms with Crippen molar-refractivity contribution in [3.05, 3.63) is 36.0 Å². The number of pyridine rings is 1. The van der Waals surface area contributed by atoms with Gasteiger partial charge >= 0.3 is 6.03 Å². The molecular weight excluding hydrogens is 478 g/mol. The maximum absolute atomic E-state index is 13.7. The second-order valence-corrected chi connectivity index (χ2v) is 9.99. The summed E-state index contributed by atoms with van der Waals surface area (Å²) >= 11 is 5.70. The van der Waals surface area contributed by atoms with Crippen LogP contribution in [0, 0.1) is 11.3 Å². The van der Waals surface area contributed by atoms with Crippen molar-refractivity contribution in [3.63, 3.8) is 0 Å². The number of hydrogen-bond acceptors (Lipinski definition) is 7. The van der Waals surface area contributed by atoms with E-state index in [1.165, 1.54) is 4.90 Å². The number of likely N-dealkylation sites (tertiary alicyclic amines) is 1. The van der Waals surface area contributed by atoms with Crippen LogP contribution in [0.15, 0.2) is 30.5 Å². The number of hydrogen-bond donors (Lipinski definition) is 1. The van der Waals surface area contributed by atoms with Crippen molar-refractivity contribution in [3.8, 4) is 6.07 Å². The Morgan fingerprint density at radius 2 is 2.08 bits per heavy atom. The molecule has 2 bridgehead atoms. The minimum Gasteiger partial charge on any atom is -0.379 e. The van der Waals surface area contributed by atoms with Crippen LogP contribution in [0.2, 0.25) is 0 Å². The van der Waals surface area contributed by atoms with Crippen LogP contribution in [0.25, 0.3) is 10.9 Å². The number of thiocarbonyl (C=S) groups is 1. The molecule has 0 spiro atoms. The number of morpholine rings is 1. The Balaban J connectivity index is 1.16. The normalized spacial score (nSPS) is 25.5. The molecule has 6 rings (SSSR count). The summed E-state index contributed by atoms with van der Waals surface area (Å²) in [6.45, 7) is 5.90. The van der Waals surface area contributed by atoms with E-state index in [4.69, 9.17) is 17.0 Å². The maximum Gasteiger partial charge on any atom is 0.332 e. The minimum atomic E-state index is -0.563. The van der Waals surface area contributed by atoms with Crippen LogP contribution >= 0.6 is 12.2 Å². The Morgan fingerprint density at radius 1 is 1.25 bits per heavy atom. The number of carbonyl (C=O) groups is 2. The first-order valence-corrected chi connectivity index (χ1v) is 12.8. The molecule has 5 heterocycles. The van der Waals surface area contributed by atoms with Crippen LogP contribution in [-0.4, -0.2) is 101 Å². The van der Waals surface area contributed by atoms with Gasteiger partial charge in [-0.3, -0.25) is 14.7 Å². The molecule has 4 saturated heterocycles. The number of nitrogens with zero attached hydrogens (tertiary/aromatic N) is 6. The number of piperazine rings is 1. The molecule has 3 atom stereocenters. The number of nitriles is 1. The van der Waals surface area contributed by atoms with Crippen molar-refractivity contribution < 1.29 is 14.3 Å². The third kappa shape index (κ3) is 3.68. The summed E-state index contributed by atoms with van der Waals surface area (Å²) in [6, 6.07) is 7.88. The van der Waals surface area contributed by atoms with Crippen molar-refractivity contribution in [1.82, 2.24) is 25.0 Å². The topological polar surface area (TPSA) is 105 Å². The highest BCUT2D eigenvalue weighted by molar-refractivity contribution is 7.80. The third-order valence-corrected chi connectivity index (χ3v) is 8.04. The second kappa shape index (κ2) is 9.28. The molecule has 4 aliphatic rings. The van der Waals surface area contributed by atoms with E-state index in [-0.39, 0.29) is 24.0 Å². The van der Waals surface area contributed by atoms with Gasteiger partial charge in [-0.2, -0.15) is 5.26 Å². The lowest BCUT2D eigenvalue weighted by Crippen LogP contribution is -2.57. The number of urea groups is 1. The zero-order valence-corrected chi connectivity index (χ0v) is 20.6. The van der Waals surface area contributed by atoms with Crippen LogP contribution in [0.4, 0.5) is 10.5 Å². The summed E-state index contributed by atoms with van der Waals surface area (Å²) in [5, 5.41) is 14.1. The summed E-state index contributed by atoms with van der Waals surface area (Å²) < 4.78 is 5.40. The van der Waals surface area contributed by atoms with Crippen LogP contribution in [-0.2, 0) is 9.53 Å².